The maximum atomic E-state index is 6.25. The van der Waals surface area contributed by atoms with Crippen LogP contribution in [0.3, 0.4) is 0 Å². The van der Waals surface area contributed by atoms with E-state index in [2.05, 4.69) is 271 Å². The highest BCUT2D eigenvalue weighted by Gasteiger charge is 2.45. The summed E-state index contributed by atoms with van der Waals surface area (Å²) in [5.41, 5.74) is 27.9. The van der Waals surface area contributed by atoms with Gasteiger partial charge in [0.25, 0.3) is 6.71 Å². The maximum absolute atomic E-state index is 6.25. The summed E-state index contributed by atoms with van der Waals surface area (Å²) in [5, 5.41) is 2.17. The minimum Gasteiger partial charge on any atom is -0.464 e. The number of nitrogens with zero attached hydrogens (tertiary/aromatic N) is 2. The van der Waals surface area contributed by atoms with Crippen LogP contribution in [0.5, 0.6) is 0 Å². The van der Waals surface area contributed by atoms with Crippen LogP contribution < -0.4 is 26.2 Å². The van der Waals surface area contributed by atoms with Gasteiger partial charge in [-0.1, -0.05) is 237 Å². The van der Waals surface area contributed by atoms with Crippen molar-refractivity contribution in [2.24, 2.45) is 0 Å². The standard InChI is InChI=1S/C76H49BN2O2/c1-4-22-50(23-5-1)53-40-42-70-66(44-53)77-67-45-54(51-24-6-2-7-25-51)41-43-71(67)79(69-37-19-15-33-61(69)57-29-11-13-31-59(57)65-49-81-75-39-21-17-35-63(65)75)73-47-55(52-26-8-3-9-27-52)46-72(76(73)77)78(70)68-36-18-14-32-60(68)56-28-10-12-30-58(56)64-48-80-74-38-20-16-34-62(64)74/h1-49H. The van der Waals surface area contributed by atoms with Crippen molar-refractivity contribution in [1.82, 2.24) is 0 Å². The molecule has 4 heterocycles. The van der Waals surface area contributed by atoms with Gasteiger partial charge >= 0.3 is 0 Å². The molecule has 2 aliphatic rings. The number of benzene rings is 12. The van der Waals surface area contributed by atoms with Crippen LogP contribution in [0, 0.1) is 0 Å². The Hall–Kier alpha value is -10.6. The molecule has 0 saturated heterocycles. The highest BCUT2D eigenvalue weighted by atomic mass is 16.3. The van der Waals surface area contributed by atoms with E-state index in [1.54, 1.807) is 0 Å². The van der Waals surface area contributed by atoms with E-state index >= 15 is 0 Å². The molecule has 0 atom stereocenters. The van der Waals surface area contributed by atoms with Gasteiger partial charge in [-0.2, -0.15) is 0 Å². The van der Waals surface area contributed by atoms with Crippen molar-refractivity contribution in [3.8, 4) is 77.9 Å². The fraction of sp³-hybridized carbons (Fsp3) is 0. The molecule has 0 amide bonds. The Morgan fingerprint density at radius 1 is 0.235 bits per heavy atom. The number of hydrogen-bond donors (Lipinski definition) is 0. The summed E-state index contributed by atoms with van der Waals surface area (Å²) in [6.45, 7) is -0.168. The number of anilines is 6. The summed E-state index contributed by atoms with van der Waals surface area (Å²) in [6, 6.07) is 104. The van der Waals surface area contributed by atoms with Gasteiger partial charge in [-0.25, -0.2) is 0 Å². The van der Waals surface area contributed by atoms with Gasteiger partial charge in [0.15, 0.2) is 0 Å². The molecule has 81 heavy (non-hydrogen) atoms. The highest BCUT2D eigenvalue weighted by Crippen LogP contribution is 2.52. The monoisotopic (exact) mass is 1030 g/mol. The van der Waals surface area contributed by atoms with Gasteiger partial charge in [-0.3, -0.25) is 0 Å². The second kappa shape index (κ2) is 19.1. The smallest absolute Gasteiger partial charge is 0.252 e. The first-order valence-corrected chi connectivity index (χ1v) is 27.7. The van der Waals surface area contributed by atoms with E-state index < -0.39 is 0 Å². The van der Waals surface area contributed by atoms with E-state index in [1.807, 2.05) is 36.8 Å². The second-order valence-electron chi connectivity index (χ2n) is 21.1. The highest BCUT2D eigenvalue weighted by molar-refractivity contribution is 7.00. The molecule has 0 spiro atoms. The predicted molar refractivity (Wildman–Crippen MR) is 338 cm³/mol. The summed E-state index contributed by atoms with van der Waals surface area (Å²) in [7, 11) is 0. The third-order valence-corrected chi connectivity index (χ3v) is 16.7. The van der Waals surface area contributed by atoms with Gasteiger partial charge in [0.1, 0.15) is 11.2 Å². The average Bonchev–Trinajstić information content (AvgIpc) is 4.11. The molecule has 2 aromatic heterocycles. The zero-order valence-electron chi connectivity index (χ0n) is 44.1. The van der Waals surface area contributed by atoms with Crippen LogP contribution in [0.25, 0.3) is 99.8 Å². The lowest BCUT2D eigenvalue weighted by Gasteiger charge is -2.45. The number of furan rings is 2. The summed E-state index contributed by atoms with van der Waals surface area (Å²) in [6.07, 6.45) is 3.84. The Kier molecular flexibility index (Phi) is 11.0. The van der Waals surface area contributed by atoms with Crippen molar-refractivity contribution in [2.45, 2.75) is 0 Å². The lowest BCUT2D eigenvalue weighted by Crippen LogP contribution is -2.61. The average molecular weight is 1030 g/mol. The van der Waals surface area contributed by atoms with Crippen molar-refractivity contribution >= 4 is 79.2 Å². The zero-order chi connectivity index (χ0) is 53.4. The van der Waals surface area contributed by atoms with Gasteiger partial charge in [-0.15, -0.1) is 0 Å². The van der Waals surface area contributed by atoms with Crippen molar-refractivity contribution in [1.29, 1.82) is 0 Å². The number of fused-ring (bicyclic) bond motifs is 6. The Morgan fingerprint density at radius 2 is 0.580 bits per heavy atom. The number of para-hydroxylation sites is 4. The predicted octanol–water partition coefficient (Wildman–Crippen LogP) is 18.9. The molecule has 5 heteroatoms. The molecule has 0 bridgehead atoms. The van der Waals surface area contributed by atoms with Gasteiger partial charge in [0.2, 0.25) is 0 Å². The Labute approximate surface area is 470 Å². The molecule has 2 aliphatic heterocycles. The summed E-state index contributed by atoms with van der Waals surface area (Å²) in [5.74, 6) is 0. The molecule has 14 aromatic rings. The molecule has 0 N–H and O–H groups in total. The summed E-state index contributed by atoms with van der Waals surface area (Å²) in [4.78, 5) is 5.14. The molecular formula is C76H49BN2O2. The van der Waals surface area contributed by atoms with E-state index in [0.717, 1.165) is 112 Å². The minimum atomic E-state index is -0.168. The zero-order valence-corrected chi connectivity index (χ0v) is 44.1. The van der Waals surface area contributed by atoms with Crippen molar-refractivity contribution in [3.63, 3.8) is 0 Å². The first kappa shape index (κ1) is 46.5. The van der Waals surface area contributed by atoms with E-state index in [1.165, 1.54) is 38.6 Å². The van der Waals surface area contributed by atoms with Crippen LogP contribution >= 0.6 is 0 Å². The van der Waals surface area contributed by atoms with Crippen LogP contribution in [0.2, 0.25) is 0 Å². The Bertz CT molecular complexity index is 4460. The fourth-order valence-corrected chi connectivity index (χ4v) is 13.0. The van der Waals surface area contributed by atoms with Crippen molar-refractivity contribution < 1.29 is 8.83 Å². The normalized spacial score (nSPS) is 12.4. The number of rotatable bonds is 9. The van der Waals surface area contributed by atoms with Crippen LogP contribution in [-0.4, -0.2) is 6.71 Å². The van der Waals surface area contributed by atoms with E-state index in [4.69, 9.17) is 8.83 Å². The topological polar surface area (TPSA) is 32.8 Å². The lowest BCUT2D eigenvalue weighted by atomic mass is 9.33. The van der Waals surface area contributed by atoms with Crippen molar-refractivity contribution in [2.75, 3.05) is 9.80 Å². The van der Waals surface area contributed by atoms with Gasteiger partial charge in [-0.05, 0) is 121 Å². The molecule has 0 saturated carbocycles. The summed E-state index contributed by atoms with van der Waals surface area (Å²) < 4.78 is 12.5. The lowest BCUT2D eigenvalue weighted by molar-refractivity contribution is 0.616. The molecular weight excluding hydrogens is 984 g/mol. The third kappa shape index (κ3) is 7.62. The number of hydrogen-bond acceptors (Lipinski definition) is 4. The Balaban J connectivity index is 1.01. The molecule has 0 radical (unpaired) electrons. The van der Waals surface area contributed by atoms with E-state index in [9.17, 15) is 0 Å². The first-order chi connectivity index (χ1) is 40.2. The fourth-order valence-electron chi connectivity index (χ4n) is 13.0. The van der Waals surface area contributed by atoms with Crippen LogP contribution in [0.4, 0.5) is 34.1 Å². The van der Waals surface area contributed by atoms with Gasteiger partial charge < -0.3 is 18.6 Å². The SMILES string of the molecule is c1ccc(-c2ccc3c(c2)B2c4cc(-c5ccccc5)ccc4N(c4ccccc4-c4ccccc4-c4coc5ccccc45)c4cc(-c5ccccc5)cc(c42)N3c2ccccc2-c2ccccc2-c2coc3ccccc23)cc1. The molecule has 378 valence electrons. The second-order valence-corrected chi connectivity index (χ2v) is 21.1. The molecule has 0 fully saturated rings. The minimum absolute atomic E-state index is 0.168. The Morgan fingerprint density at radius 3 is 1.01 bits per heavy atom. The first-order valence-electron chi connectivity index (χ1n) is 27.7. The molecule has 0 aliphatic carbocycles. The molecule has 16 rings (SSSR count). The van der Waals surface area contributed by atoms with Gasteiger partial charge in [0.05, 0.1) is 23.9 Å². The summed E-state index contributed by atoms with van der Waals surface area (Å²) >= 11 is 0. The van der Waals surface area contributed by atoms with Crippen LogP contribution in [-0.2, 0) is 0 Å². The maximum Gasteiger partial charge on any atom is 0.252 e. The molecule has 12 aromatic carbocycles. The van der Waals surface area contributed by atoms with Crippen molar-refractivity contribution in [3.05, 3.63) is 298 Å². The molecule has 4 nitrogen and oxygen atoms in total. The molecule has 0 unspecified atom stereocenters. The van der Waals surface area contributed by atoms with E-state index in [0.29, 0.717) is 0 Å². The van der Waals surface area contributed by atoms with Crippen LogP contribution in [0.15, 0.2) is 306 Å². The third-order valence-electron chi connectivity index (χ3n) is 16.7. The largest absolute Gasteiger partial charge is 0.464 e. The van der Waals surface area contributed by atoms with E-state index in [-0.39, 0.29) is 6.71 Å². The quantitative estimate of drug-likeness (QED) is 0.135. The van der Waals surface area contributed by atoms with Crippen LogP contribution in [0.1, 0.15) is 0 Å². The van der Waals surface area contributed by atoms with Gasteiger partial charge in [0, 0.05) is 55.8 Å².